The molecule has 2 fully saturated rings. The molecule has 2 atom stereocenters. The minimum Gasteiger partial charge on any atom is -0.313 e. The first kappa shape index (κ1) is 10.3. The van der Waals surface area contributed by atoms with E-state index >= 15 is 0 Å². The fraction of sp³-hybridized carbons (Fsp3) is 0.538. The van der Waals surface area contributed by atoms with Crippen molar-refractivity contribution in [2.75, 3.05) is 0 Å². The van der Waals surface area contributed by atoms with Gasteiger partial charge in [-0.3, -0.25) is 0 Å². The Bertz CT molecular complexity index is 373. The third-order valence-corrected chi connectivity index (χ3v) is 3.33. The Hall–Kier alpha value is -0.900. The molecule has 1 aromatic carbocycles. The van der Waals surface area contributed by atoms with E-state index in [9.17, 15) is 0 Å². The van der Waals surface area contributed by atoms with E-state index in [4.69, 9.17) is 14.5 Å². The first-order chi connectivity index (χ1) is 7.59. The van der Waals surface area contributed by atoms with Crippen molar-refractivity contribution in [3.63, 3.8) is 0 Å². The van der Waals surface area contributed by atoms with E-state index in [2.05, 4.69) is 24.3 Å². The van der Waals surface area contributed by atoms with Crippen LogP contribution in [-0.2, 0) is 14.5 Å². The molecule has 16 heavy (non-hydrogen) atoms. The molecule has 0 aliphatic carbocycles. The monoisotopic (exact) mass is 220 g/mol. The highest BCUT2D eigenvalue weighted by atomic mass is 17.3. The van der Waals surface area contributed by atoms with Gasteiger partial charge in [-0.1, -0.05) is 30.3 Å². The SMILES string of the molecule is CC12CC(c3ccccc3)CC(C)(OO1)O2. The van der Waals surface area contributed by atoms with Crippen LogP contribution < -0.4 is 0 Å². The van der Waals surface area contributed by atoms with Crippen molar-refractivity contribution in [1.29, 1.82) is 0 Å². The summed E-state index contributed by atoms with van der Waals surface area (Å²) in [6, 6.07) is 10.5. The minimum atomic E-state index is -0.590. The van der Waals surface area contributed by atoms with Crippen molar-refractivity contribution in [3.05, 3.63) is 35.9 Å². The van der Waals surface area contributed by atoms with E-state index in [1.807, 2.05) is 19.9 Å². The van der Waals surface area contributed by atoms with Crippen LogP contribution in [0.25, 0.3) is 0 Å². The lowest BCUT2D eigenvalue weighted by Crippen LogP contribution is -2.40. The number of hydrogen-bond acceptors (Lipinski definition) is 3. The van der Waals surface area contributed by atoms with Crippen LogP contribution in [0.15, 0.2) is 30.3 Å². The molecule has 3 nitrogen and oxygen atoms in total. The van der Waals surface area contributed by atoms with E-state index in [-0.39, 0.29) is 0 Å². The van der Waals surface area contributed by atoms with Crippen molar-refractivity contribution in [3.8, 4) is 0 Å². The zero-order valence-corrected chi connectivity index (χ0v) is 9.60. The van der Waals surface area contributed by atoms with E-state index in [0.717, 1.165) is 12.8 Å². The number of rotatable bonds is 1. The second-order valence-electron chi connectivity index (χ2n) is 5.05. The lowest BCUT2D eigenvalue weighted by Gasteiger charge is -2.35. The van der Waals surface area contributed by atoms with Crippen molar-refractivity contribution in [2.24, 2.45) is 0 Å². The Balaban J connectivity index is 1.89. The topological polar surface area (TPSA) is 27.7 Å². The Labute approximate surface area is 95.2 Å². The molecule has 2 aliphatic heterocycles. The normalized spacial score (nSPS) is 42.2. The van der Waals surface area contributed by atoms with Gasteiger partial charge in [-0.2, -0.15) is 9.78 Å². The van der Waals surface area contributed by atoms with Gasteiger partial charge in [0.25, 0.3) is 0 Å². The van der Waals surface area contributed by atoms with Crippen LogP contribution in [0.4, 0.5) is 0 Å². The fourth-order valence-corrected chi connectivity index (χ4v) is 2.75. The number of ether oxygens (including phenoxy) is 1. The Morgan fingerprint density at radius 3 is 2.12 bits per heavy atom. The molecule has 0 radical (unpaired) electrons. The van der Waals surface area contributed by atoms with Gasteiger partial charge in [0.15, 0.2) is 0 Å². The van der Waals surface area contributed by atoms with Crippen molar-refractivity contribution < 1.29 is 14.5 Å². The summed E-state index contributed by atoms with van der Waals surface area (Å²) in [5, 5.41) is 0. The molecule has 0 aromatic heterocycles. The highest BCUT2D eigenvalue weighted by molar-refractivity contribution is 5.21. The standard InChI is InChI=1S/C13H16O3/c1-12-8-11(10-6-4-3-5-7-10)9-13(2,14-12)16-15-12/h3-7,11H,8-9H2,1-2H3. The van der Waals surface area contributed by atoms with Crippen molar-refractivity contribution in [2.45, 2.75) is 44.2 Å². The van der Waals surface area contributed by atoms with Gasteiger partial charge in [0.05, 0.1) is 0 Å². The lowest BCUT2D eigenvalue weighted by molar-refractivity contribution is -0.337. The summed E-state index contributed by atoms with van der Waals surface area (Å²) in [5.41, 5.74) is 1.33. The maximum atomic E-state index is 5.78. The van der Waals surface area contributed by atoms with Gasteiger partial charge < -0.3 is 4.74 Å². The second kappa shape index (κ2) is 3.29. The molecular weight excluding hydrogens is 204 g/mol. The largest absolute Gasteiger partial charge is 0.313 e. The summed E-state index contributed by atoms with van der Waals surface area (Å²) in [5.74, 6) is -0.742. The quantitative estimate of drug-likeness (QED) is 0.681. The molecule has 2 saturated heterocycles. The lowest BCUT2D eigenvalue weighted by atomic mass is 9.84. The number of benzene rings is 1. The highest BCUT2D eigenvalue weighted by Gasteiger charge is 2.54. The van der Waals surface area contributed by atoms with E-state index < -0.39 is 11.6 Å². The minimum absolute atomic E-state index is 0.437. The van der Waals surface area contributed by atoms with E-state index in [0.29, 0.717) is 5.92 Å². The van der Waals surface area contributed by atoms with Crippen LogP contribution in [0.1, 0.15) is 38.2 Å². The summed E-state index contributed by atoms with van der Waals surface area (Å²) in [7, 11) is 0. The van der Waals surface area contributed by atoms with Crippen molar-refractivity contribution in [1.82, 2.24) is 0 Å². The molecule has 0 spiro atoms. The highest BCUT2D eigenvalue weighted by Crippen LogP contribution is 2.49. The van der Waals surface area contributed by atoms with Gasteiger partial charge in [-0.05, 0) is 25.3 Å². The van der Waals surface area contributed by atoms with Crippen LogP contribution >= 0.6 is 0 Å². The first-order valence-electron chi connectivity index (χ1n) is 5.71. The third-order valence-electron chi connectivity index (χ3n) is 3.33. The molecule has 2 bridgehead atoms. The number of hydrogen-bond donors (Lipinski definition) is 0. The summed E-state index contributed by atoms with van der Waals surface area (Å²) >= 11 is 0. The predicted molar refractivity (Wildman–Crippen MR) is 58.5 cm³/mol. The van der Waals surface area contributed by atoms with Gasteiger partial charge in [0, 0.05) is 12.8 Å². The fourth-order valence-electron chi connectivity index (χ4n) is 2.75. The van der Waals surface area contributed by atoms with Crippen molar-refractivity contribution >= 4 is 0 Å². The van der Waals surface area contributed by atoms with Crippen LogP contribution in [-0.4, -0.2) is 11.6 Å². The Morgan fingerprint density at radius 1 is 1.00 bits per heavy atom. The van der Waals surface area contributed by atoms with Crippen LogP contribution in [0.2, 0.25) is 0 Å². The van der Waals surface area contributed by atoms with Crippen LogP contribution in [0, 0.1) is 0 Å². The van der Waals surface area contributed by atoms with Crippen LogP contribution in [0.3, 0.4) is 0 Å². The maximum absolute atomic E-state index is 5.78. The first-order valence-corrected chi connectivity index (χ1v) is 5.71. The molecule has 0 amide bonds. The molecular formula is C13H16O3. The van der Waals surface area contributed by atoms with Gasteiger partial charge in [-0.25, -0.2) is 0 Å². The Morgan fingerprint density at radius 2 is 1.56 bits per heavy atom. The molecule has 2 aliphatic rings. The zero-order chi connectivity index (χ0) is 11.2. The van der Waals surface area contributed by atoms with Gasteiger partial charge >= 0.3 is 0 Å². The van der Waals surface area contributed by atoms with Crippen LogP contribution in [0.5, 0.6) is 0 Å². The smallest absolute Gasteiger partial charge is 0.202 e. The van der Waals surface area contributed by atoms with Gasteiger partial charge in [0.2, 0.25) is 11.6 Å². The molecule has 2 heterocycles. The predicted octanol–water partition coefficient (Wildman–Crippen LogP) is 2.97. The van der Waals surface area contributed by atoms with Gasteiger partial charge in [-0.15, -0.1) is 0 Å². The summed E-state index contributed by atoms with van der Waals surface area (Å²) in [6.45, 7) is 3.88. The molecule has 3 rings (SSSR count). The molecule has 0 saturated carbocycles. The molecule has 0 N–H and O–H groups in total. The molecule has 86 valence electrons. The summed E-state index contributed by atoms with van der Waals surface area (Å²) < 4.78 is 5.78. The molecule has 3 heteroatoms. The van der Waals surface area contributed by atoms with Gasteiger partial charge in [0.1, 0.15) is 0 Å². The Kier molecular flexibility index (Phi) is 2.11. The third kappa shape index (κ3) is 1.65. The zero-order valence-electron chi connectivity index (χ0n) is 9.60. The average Bonchev–Trinajstić information content (AvgIpc) is 2.49. The summed E-state index contributed by atoms with van der Waals surface area (Å²) in [4.78, 5) is 10.6. The summed E-state index contributed by atoms with van der Waals surface area (Å²) in [6.07, 6.45) is 1.68. The van der Waals surface area contributed by atoms with E-state index in [1.165, 1.54) is 5.56 Å². The molecule has 1 aromatic rings. The number of fused-ring (bicyclic) bond motifs is 2. The average molecular weight is 220 g/mol. The van der Waals surface area contributed by atoms with E-state index in [1.54, 1.807) is 0 Å². The molecule has 2 unspecified atom stereocenters. The maximum Gasteiger partial charge on any atom is 0.202 e. The second-order valence-corrected chi connectivity index (χ2v) is 5.05.